The second kappa shape index (κ2) is 8.49. The zero-order valence-corrected chi connectivity index (χ0v) is 19.0. The van der Waals surface area contributed by atoms with Crippen LogP contribution in [0, 0.1) is 6.92 Å². The van der Waals surface area contributed by atoms with Crippen LogP contribution in [0.5, 0.6) is 0 Å². The molecule has 4 rings (SSSR count). The summed E-state index contributed by atoms with van der Waals surface area (Å²) in [4.78, 5) is 35.2. The van der Waals surface area contributed by atoms with E-state index in [9.17, 15) is 9.59 Å². The normalized spacial score (nSPS) is 13.6. The van der Waals surface area contributed by atoms with Crippen LogP contribution in [0.4, 0.5) is 5.69 Å². The Labute approximate surface area is 184 Å². The molecule has 0 unspecified atom stereocenters. The van der Waals surface area contributed by atoms with Crippen LogP contribution in [0.3, 0.4) is 0 Å². The average Bonchev–Trinajstić information content (AvgIpc) is 3.05. The third-order valence-electron chi connectivity index (χ3n) is 5.38. The van der Waals surface area contributed by atoms with Gasteiger partial charge in [-0.25, -0.2) is 4.98 Å². The van der Waals surface area contributed by atoms with E-state index in [1.165, 1.54) is 9.44 Å². The number of hydrogen-bond donors (Lipinski definition) is 1. The van der Waals surface area contributed by atoms with E-state index >= 15 is 0 Å². The van der Waals surface area contributed by atoms with E-state index in [0.29, 0.717) is 28.5 Å². The highest BCUT2D eigenvalue weighted by Crippen LogP contribution is 2.33. The van der Waals surface area contributed by atoms with Crippen LogP contribution in [-0.2, 0) is 30.7 Å². The molecule has 1 aliphatic carbocycles. The van der Waals surface area contributed by atoms with Crippen molar-refractivity contribution in [1.29, 1.82) is 0 Å². The van der Waals surface area contributed by atoms with Crippen molar-refractivity contribution in [2.45, 2.75) is 45.7 Å². The highest BCUT2D eigenvalue weighted by atomic mass is 35.5. The van der Waals surface area contributed by atoms with Gasteiger partial charge in [0.05, 0.1) is 11.9 Å². The Morgan fingerprint density at radius 2 is 2.07 bits per heavy atom. The van der Waals surface area contributed by atoms with Crippen molar-refractivity contribution in [2.75, 3.05) is 19.4 Å². The summed E-state index contributed by atoms with van der Waals surface area (Å²) in [6.07, 6.45) is 4.17. The first-order chi connectivity index (χ1) is 14.3. The summed E-state index contributed by atoms with van der Waals surface area (Å²) in [7, 11) is 3.86. The van der Waals surface area contributed by atoms with E-state index in [0.717, 1.165) is 41.6 Å². The minimum absolute atomic E-state index is 0.0718. The molecule has 1 aromatic carbocycles. The van der Waals surface area contributed by atoms with Gasteiger partial charge in [0.1, 0.15) is 17.2 Å². The summed E-state index contributed by atoms with van der Waals surface area (Å²) in [5.41, 5.74) is 2.59. The summed E-state index contributed by atoms with van der Waals surface area (Å²) in [5, 5.41) is 4.22. The van der Waals surface area contributed by atoms with Gasteiger partial charge in [0.15, 0.2) is 0 Å². The topological polar surface area (TPSA) is 67.2 Å². The standard InChI is InChI=1S/C22H25ClN4O2S/c1-13-10-14(23)8-9-16(13)24-19(28)12-27-18(11-26(2)3)25-21-20(22(27)29)15-6-4-5-7-17(15)30-21/h8-10H,4-7,11-12H2,1-3H3,(H,24,28). The molecule has 30 heavy (non-hydrogen) atoms. The molecule has 0 atom stereocenters. The summed E-state index contributed by atoms with van der Waals surface area (Å²) < 4.78 is 1.53. The molecule has 0 bridgehead atoms. The number of carbonyl (C=O) groups is 1. The van der Waals surface area contributed by atoms with Crippen molar-refractivity contribution in [3.05, 3.63) is 55.4 Å². The molecule has 2 heterocycles. The first-order valence-electron chi connectivity index (χ1n) is 10.1. The second-order valence-electron chi connectivity index (χ2n) is 8.06. The molecular formula is C22H25ClN4O2S. The fraction of sp³-hybridized carbons (Fsp3) is 0.409. The predicted molar refractivity (Wildman–Crippen MR) is 123 cm³/mol. The van der Waals surface area contributed by atoms with Crippen molar-refractivity contribution >= 4 is 44.7 Å². The monoisotopic (exact) mass is 444 g/mol. The van der Waals surface area contributed by atoms with Gasteiger partial charge in [-0.15, -0.1) is 11.3 Å². The number of fused-ring (bicyclic) bond motifs is 3. The van der Waals surface area contributed by atoms with E-state index < -0.39 is 0 Å². The van der Waals surface area contributed by atoms with E-state index in [1.54, 1.807) is 29.5 Å². The third-order valence-corrected chi connectivity index (χ3v) is 6.80. The van der Waals surface area contributed by atoms with Gasteiger partial charge in [0.25, 0.3) is 5.56 Å². The quantitative estimate of drug-likeness (QED) is 0.645. The van der Waals surface area contributed by atoms with Crippen LogP contribution < -0.4 is 10.9 Å². The first kappa shape index (κ1) is 21.0. The maximum absolute atomic E-state index is 13.5. The number of benzene rings is 1. The lowest BCUT2D eigenvalue weighted by Crippen LogP contribution is -2.33. The lowest BCUT2D eigenvalue weighted by Gasteiger charge is -2.16. The van der Waals surface area contributed by atoms with Crippen LogP contribution >= 0.6 is 22.9 Å². The molecule has 0 saturated heterocycles. The molecule has 8 heteroatoms. The lowest BCUT2D eigenvalue weighted by molar-refractivity contribution is -0.116. The van der Waals surface area contributed by atoms with Gasteiger partial charge in [0, 0.05) is 15.6 Å². The molecule has 1 aliphatic rings. The van der Waals surface area contributed by atoms with Crippen LogP contribution in [0.2, 0.25) is 5.02 Å². The second-order valence-corrected chi connectivity index (χ2v) is 9.58. The fourth-order valence-corrected chi connectivity index (χ4v) is 5.45. The highest BCUT2D eigenvalue weighted by Gasteiger charge is 2.23. The largest absolute Gasteiger partial charge is 0.324 e. The number of anilines is 1. The van der Waals surface area contributed by atoms with Gasteiger partial charge in [-0.3, -0.25) is 14.2 Å². The van der Waals surface area contributed by atoms with Gasteiger partial charge < -0.3 is 10.2 Å². The van der Waals surface area contributed by atoms with E-state index in [2.05, 4.69) is 5.32 Å². The van der Waals surface area contributed by atoms with Crippen LogP contribution in [0.15, 0.2) is 23.0 Å². The molecular weight excluding hydrogens is 420 g/mol. The Balaban J connectivity index is 1.73. The predicted octanol–water partition coefficient (Wildman–Crippen LogP) is 4.00. The summed E-state index contributed by atoms with van der Waals surface area (Å²) in [6.45, 7) is 2.30. The van der Waals surface area contributed by atoms with Gasteiger partial charge in [-0.2, -0.15) is 0 Å². The van der Waals surface area contributed by atoms with Crippen molar-refractivity contribution in [1.82, 2.24) is 14.5 Å². The maximum atomic E-state index is 13.5. The fourth-order valence-electron chi connectivity index (χ4n) is 3.95. The third kappa shape index (κ3) is 4.15. The summed E-state index contributed by atoms with van der Waals surface area (Å²) in [5.74, 6) is 0.354. The van der Waals surface area contributed by atoms with Gasteiger partial charge >= 0.3 is 0 Å². The Bertz CT molecular complexity index is 1180. The summed E-state index contributed by atoms with van der Waals surface area (Å²) >= 11 is 7.64. The number of aromatic nitrogens is 2. The number of thiophene rings is 1. The Morgan fingerprint density at radius 3 is 2.80 bits per heavy atom. The van der Waals surface area contributed by atoms with Crippen LogP contribution in [0.25, 0.3) is 10.2 Å². The van der Waals surface area contributed by atoms with Crippen molar-refractivity contribution in [3.8, 4) is 0 Å². The van der Waals surface area contributed by atoms with E-state index in [4.69, 9.17) is 16.6 Å². The molecule has 0 aliphatic heterocycles. The molecule has 0 radical (unpaired) electrons. The smallest absolute Gasteiger partial charge is 0.263 e. The van der Waals surface area contributed by atoms with Crippen molar-refractivity contribution < 1.29 is 4.79 Å². The zero-order valence-electron chi connectivity index (χ0n) is 17.4. The molecule has 1 amide bonds. The Hall–Kier alpha value is -2.22. The number of carbonyl (C=O) groups excluding carboxylic acids is 1. The number of rotatable bonds is 5. The van der Waals surface area contributed by atoms with E-state index in [1.807, 2.05) is 25.9 Å². The van der Waals surface area contributed by atoms with Crippen LogP contribution in [-0.4, -0.2) is 34.5 Å². The SMILES string of the molecule is Cc1cc(Cl)ccc1NC(=O)Cn1c(CN(C)C)nc2sc3c(c2c1=O)CCCC3. The maximum Gasteiger partial charge on any atom is 0.263 e. The average molecular weight is 445 g/mol. The lowest BCUT2D eigenvalue weighted by atomic mass is 9.97. The molecule has 2 aromatic heterocycles. The van der Waals surface area contributed by atoms with Crippen molar-refractivity contribution in [3.63, 3.8) is 0 Å². The number of nitrogens with zero attached hydrogens (tertiary/aromatic N) is 3. The summed E-state index contributed by atoms with van der Waals surface area (Å²) in [6, 6.07) is 5.31. The zero-order chi connectivity index (χ0) is 21.4. The molecule has 0 fully saturated rings. The molecule has 0 spiro atoms. The molecule has 1 N–H and O–H groups in total. The Kier molecular flexibility index (Phi) is 5.95. The minimum atomic E-state index is -0.257. The van der Waals surface area contributed by atoms with E-state index in [-0.39, 0.29) is 18.0 Å². The highest BCUT2D eigenvalue weighted by molar-refractivity contribution is 7.18. The number of nitrogens with one attached hydrogen (secondary N) is 1. The number of halogens is 1. The number of aryl methyl sites for hydroxylation is 3. The number of hydrogen-bond acceptors (Lipinski definition) is 5. The Morgan fingerprint density at radius 1 is 1.30 bits per heavy atom. The van der Waals surface area contributed by atoms with Gasteiger partial charge in [0.2, 0.25) is 5.91 Å². The van der Waals surface area contributed by atoms with Crippen molar-refractivity contribution in [2.24, 2.45) is 0 Å². The molecule has 3 aromatic rings. The first-order valence-corrected chi connectivity index (χ1v) is 11.3. The van der Waals surface area contributed by atoms with Crippen LogP contribution in [0.1, 0.15) is 34.7 Å². The molecule has 158 valence electrons. The number of amides is 1. The van der Waals surface area contributed by atoms with Gasteiger partial charge in [-0.05, 0) is 76.0 Å². The van der Waals surface area contributed by atoms with Gasteiger partial charge in [-0.1, -0.05) is 11.6 Å². The molecule has 0 saturated carbocycles. The molecule has 6 nitrogen and oxygen atoms in total. The minimum Gasteiger partial charge on any atom is -0.324 e.